The number of imidazole rings is 1. The molecule has 1 aliphatic rings. The third kappa shape index (κ3) is 2.53. The molecule has 0 bridgehead atoms. The van der Waals surface area contributed by atoms with Gasteiger partial charge in [-0.2, -0.15) is 0 Å². The first-order chi connectivity index (χ1) is 11.8. The molecule has 3 aromatic rings. The SMILES string of the molecule is CC[C@@H]1c2ccsc2CCN1C(=O)c1ccc(-n2ccnc2)nc1. The van der Waals surface area contributed by atoms with Crippen LogP contribution in [-0.4, -0.2) is 31.9 Å². The number of carbonyl (C=O) groups is 1. The molecule has 0 fully saturated rings. The lowest BCUT2D eigenvalue weighted by Gasteiger charge is -2.35. The van der Waals surface area contributed by atoms with E-state index < -0.39 is 0 Å². The van der Waals surface area contributed by atoms with Crippen molar-refractivity contribution in [1.82, 2.24) is 19.4 Å². The van der Waals surface area contributed by atoms with Crippen LogP contribution in [0.2, 0.25) is 0 Å². The molecule has 6 heteroatoms. The van der Waals surface area contributed by atoms with Gasteiger partial charge in [0.2, 0.25) is 0 Å². The van der Waals surface area contributed by atoms with Crippen LogP contribution in [0.4, 0.5) is 0 Å². The maximum atomic E-state index is 13.0. The molecule has 3 aromatic heterocycles. The third-order valence-electron chi connectivity index (χ3n) is 4.51. The van der Waals surface area contributed by atoms with E-state index in [1.165, 1.54) is 10.4 Å². The number of rotatable bonds is 3. The summed E-state index contributed by atoms with van der Waals surface area (Å²) < 4.78 is 1.82. The molecule has 0 saturated carbocycles. The molecule has 5 nitrogen and oxygen atoms in total. The van der Waals surface area contributed by atoms with Gasteiger partial charge in [0.15, 0.2) is 0 Å². The van der Waals surface area contributed by atoms with Crippen LogP contribution in [0.15, 0.2) is 48.5 Å². The van der Waals surface area contributed by atoms with Crippen molar-refractivity contribution in [3.8, 4) is 5.82 Å². The van der Waals surface area contributed by atoms with E-state index in [1.54, 1.807) is 30.1 Å². The largest absolute Gasteiger partial charge is 0.331 e. The second-order valence-electron chi connectivity index (χ2n) is 5.85. The van der Waals surface area contributed by atoms with Gasteiger partial charge < -0.3 is 4.90 Å². The summed E-state index contributed by atoms with van der Waals surface area (Å²) in [7, 11) is 0. The second kappa shape index (κ2) is 6.20. The number of nitrogens with zero attached hydrogens (tertiary/aromatic N) is 4. The van der Waals surface area contributed by atoms with Gasteiger partial charge in [0.05, 0.1) is 11.6 Å². The Bertz CT molecular complexity index is 838. The molecule has 0 aromatic carbocycles. The van der Waals surface area contributed by atoms with Crippen LogP contribution in [-0.2, 0) is 6.42 Å². The minimum Gasteiger partial charge on any atom is -0.331 e. The number of thiophene rings is 1. The maximum absolute atomic E-state index is 13.0. The Labute approximate surface area is 144 Å². The number of hydrogen-bond acceptors (Lipinski definition) is 4. The van der Waals surface area contributed by atoms with Crippen LogP contribution in [0, 0.1) is 0 Å². The van der Waals surface area contributed by atoms with Gasteiger partial charge in [0.25, 0.3) is 5.91 Å². The summed E-state index contributed by atoms with van der Waals surface area (Å²) in [5.74, 6) is 0.818. The van der Waals surface area contributed by atoms with Gasteiger partial charge >= 0.3 is 0 Å². The lowest BCUT2D eigenvalue weighted by Crippen LogP contribution is -2.39. The molecule has 1 atom stereocenters. The number of fused-ring (bicyclic) bond motifs is 1. The maximum Gasteiger partial charge on any atom is 0.255 e. The van der Waals surface area contributed by atoms with E-state index >= 15 is 0 Å². The van der Waals surface area contributed by atoms with Crippen molar-refractivity contribution in [3.05, 3.63) is 64.5 Å². The molecule has 0 saturated heterocycles. The van der Waals surface area contributed by atoms with Crippen molar-refractivity contribution in [2.75, 3.05) is 6.54 Å². The number of amides is 1. The molecule has 0 radical (unpaired) electrons. The number of aromatic nitrogens is 3. The fourth-order valence-corrected chi connectivity index (χ4v) is 4.23. The highest BCUT2D eigenvalue weighted by molar-refractivity contribution is 7.10. The van der Waals surface area contributed by atoms with Crippen molar-refractivity contribution in [1.29, 1.82) is 0 Å². The van der Waals surface area contributed by atoms with Crippen molar-refractivity contribution < 1.29 is 4.79 Å². The highest BCUT2D eigenvalue weighted by Gasteiger charge is 2.30. The summed E-state index contributed by atoms with van der Waals surface area (Å²) in [4.78, 5) is 24.8. The van der Waals surface area contributed by atoms with E-state index in [0.717, 1.165) is 25.2 Å². The van der Waals surface area contributed by atoms with Crippen LogP contribution in [0.1, 0.15) is 40.2 Å². The summed E-state index contributed by atoms with van der Waals surface area (Å²) in [5.41, 5.74) is 1.95. The standard InChI is InChI=1S/C18H18N4OS/c1-2-15-14-6-10-24-16(14)5-8-22(15)18(23)13-3-4-17(20-11-13)21-9-7-19-12-21/h3-4,6-7,9-12,15H,2,5,8H2,1H3/t15-/m1/s1. The van der Waals surface area contributed by atoms with Crippen LogP contribution in [0.5, 0.6) is 0 Å². The second-order valence-corrected chi connectivity index (χ2v) is 6.85. The van der Waals surface area contributed by atoms with Gasteiger partial charge in [-0.15, -0.1) is 11.3 Å². The first kappa shape index (κ1) is 15.1. The summed E-state index contributed by atoms with van der Waals surface area (Å²) in [6.07, 6.45) is 8.76. The molecule has 24 heavy (non-hydrogen) atoms. The van der Waals surface area contributed by atoms with Gasteiger partial charge in [0.1, 0.15) is 12.1 Å². The number of carbonyl (C=O) groups excluding carboxylic acids is 1. The van der Waals surface area contributed by atoms with E-state index in [0.29, 0.717) is 5.56 Å². The zero-order valence-electron chi connectivity index (χ0n) is 13.4. The smallest absolute Gasteiger partial charge is 0.255 e. The lowest BCUT2D eigenvalue weighted by atomic mass is 9.97. The fraction of sp³-hybridized carbons (Fsp3) is 0.278. The van der Waals surface area contributed by atoms with Crippen LogP contribution >= 0.6 is 11.3 Å². The quantitative estimate of drug-likeness (QED) is 0.735. The number of pyridine rings is 1. The minimum absolute atomic E-state index is 0.0587. The third-order valence-corrected chi connectivity index (χ3v) is 5.50. The van der Waals surface area contributed by atoms with Crippen LogP contribution in [0.25, 0.3) is 5.82 Å². The number of hydrogen-bond donors (Lipinski definition) is 0. The Morgan fingerprint density at radius 1 is 1.38 bits per heavy atom. The van der Waals surface area contributed by atoms with Crippen molar-refractivity contribution >= 4 is 17.2 Å². The molecule has 122 valence electrons. The van der Waals surface area contributed by atoms with Crippen LogP contribution < -0.4 is 0 Å². The molecule has 4 rings (SSSR count). The molecule has 4 heterocycles. The molecular formula is C18H18N4OS. The fourth-order valence-electron chi connectivity index (χ4n) is 3.31. The average molecular weight is 338 g/mol. The van der Waals surface area contributed by atoms with Gasteiger partial charge in [-0.05, 0) is 42.0 Å². The first-order valence-electron chi connectivity index (χ1n) is 8.09. The normalized spacial score (nSPS) is 16.9. The van der Waals surface area contributed by atoms with Gasteiger partial charge in [-0.25, -0.2) is 9.97 Å². The predicted molar refractivity (Wildman–Crippen MR) is 93.5 cm³/mol. The highest BCUT2D eigenvalue weighted by atomic mass is 32.1. The molecule has 0 aliphatic carbocycles. The molecule has 1 aliphatic heterocycles. The topological polar surface area (TPSA) is 51.0 Å². The minimum atomic E-state index is 0.0587. The van der Waals surface area contributed by atoms with E-state index in [-0.39, 0.29) is 11.9 Å². The molecular weight excluding hydrogens is 320 g/mol. The molecule has 0 N–H and O–H groups in total. The predicted octanol–water partition coefficient (Wildman–Crippen LogP) is 3.48. The van der Waals surface area contributed by atoms with Gasteiger partial charge in [-0.1, -0.05) is 6.92 Å². The van der Waals surface area contributed by atoms with Crippen LogP contribution in [0.3, 0.4) is 0 Å². The Morgan fingerprint density at radius 2 is 2.29 bits per heavy atom. The zero-order valence-corrected chi connectivity index (χ0v) is 14.2. The summed E-state index contributed by atoms with van der Waals surface area (Å²) in [5, 5.41) is 2.13. The monoisotopic (exact) mass is 338 g/mol. The summed E-state index contributed by atoms with van der Waals surface area (Å²) >= 11 is 1.80. The van der Waals surface area contributed by atoms with E-state index in [1.807, 2.05) is 27.8 Å². The van der Waals surface area contributed by atoms with E-state index in [2.05, 4.69) is 28.3 Å². The highest BCUT2D eigenvalue weighted by Crippen LogP contribution is 2.35. The zero-order chi connectivity index (χ0) is 16.5. The van der Waals surface area contributed by atoms with Crippen molar-refractivity contribution in [2.45, 2.75) is 25.8 Å². The Kier molecular flexibility index (Phi) is 3.90. The summed E-state index contributed by atoms with van der Waals surface area (Å²) in [6, 6.07) is 6.03. The van der Waals surface area contributed by atoms with E-state index in [9.17, 15) is 4.79 Å². The lowest BCUT2D eigenvalue weighted by molar-refractivity contribution is 0.0657. The van der Waals surface area contributed by atoms with Crippen molar-refractivity contribution in [2.24, 2.45) is 0 Å². The Balaban J connectivity index is 1.59. The Hall–Kier alpha value is -2.47. The average Bonchev–Trinajstić information content (AvgIpc) is 3.31. The molecule has 1 amide bonds. The molecule has 0 spiro atoms. The van der Waals surface area contributed by atoms with Gasteiger partial charge in [0, 0.05) is 30.0 Å². The first-order valence-corrected chi connectivity index (χ1v) is 8.97. The van der Waals surface area contributed by atoms with Gasteiger partial charge in [-0.3, -0.25) is 9.36 Å². The molecule has 0 unspecified atom stereocenters. The summed E-state index contributed by atoms with van der Waals surface area (Å²) in [6.45, 7) is 2.91. The van der Waals surface area contributed by atoms with Crippen molar-refractivity contribution in [3.63, 3.8) is 0 Å². The Morgan fingerprint density at radius 3 is 3.00 bits per heavy atom. The van der Waals surface area contributed by atoms with E-state index in [4.69, 9.17) is 0 Å².